The van der Waals surface area contributed by atoms with Crippen LogP contribution in [-0.4, -0.2) is 39.5 Å². The number of hydrogen-bond donors (Lipinski definition) is 2. The van der Waals surface area contributed by atoms with E-state index in [1.54, 1.807) is 12.3 Å². The van der Waals surface area contributed by atoms with E-state index in [2.05, 4.69) is 4.98 Å². The molecule has 2 heterocycles. The summed E-state index contributed by atoms with van der Waals surface area (Å²) in [5.74, 6) is 0.518. The van der Waals surface area contributed by atoms with Gasteiger partial charge in [0.25, 0.3) is 0 Å². The van der Waals surface area contributed by atoms with Gasteiger partial charge in [0, 0.05) is 18.1 Å². The zero-order valence-corrected chi connectivity index (χ0v) is 11.8. The summed E-state index contributed by atoms with van der Waals surface area (Å²) in [4.78, 5) is 3.95. The van der Waals surface area contributed by atoms with Gasteiger partial charge in [0.15, 0.2) is 0 Å². The van der Waals surface area contributed by atoms with Crippen molar-refractivity contribution >= 4 is 12.6 Å². The van der Waals surface area contributed by atoms with Gasteiger partial charge in [-0.3, -0.25) is 4.98 Å². The van der Waals surface area contributed by atoms with Crippen molar-refractivity contribution in [1.29, 1.82) is 0 Å². The molecule has 5 nitrogen and oxygen atoms in total. The van der Waals surface area contributed by atoms with Gasteiger partial charge >= 0.3 is 7.12 Å². The molecule has 0 radical (unpaired) electrons. The Morgan fingerprint density at radius 2 is 2.00 bits per heavy atom. The molecule has 0 aromatic carbocycles. The van der Waals surface area contributed by atoms with Crippen LogP contribution in [0.2, 0.25) is 0 Å². The van der Waals surface area contributed by atoms with E-state index in [0.717, 1.165) is 6.42 Å². The van der Waals surface area contributed by atoms with Crippen molar-refractivity contribution in [2.45, 2.75) is 51.4 Å². The number of ether oxygens (including phenoxy) is 2. The van der Waals surface area contributed by atoms with Crippen molar-refractivity contribution in [2.75, 3.05) is 0 Å². The molecule has 1 unspecified atom stereocenters. The number of hydrogen-bond acceptors (Lipinski definition) is 5. The van der Waals surface area contributed by atoms with Crippen LogP contribution in [-0.2, 0) is 4.74 Å². The molecule has 6 heteroatoms. The van der Waals surface area contributed by atoms with Crippen LogP contribution in [0.25, 0.3) is 0 Å². The third-order valence-electron chi connectivity index (χ3n) is 3.30. The Kier molecular flexibility index (Phi) is 3.60. The van der Waals surface area contributed by atoms with E-state index in [9.17, 15) is 0 Å². The van der Waals surface area contributed by atoms with Crippen molar-refractivity contribution in [3.05, 3.63) is 18.5 Å². The number of nitrogens with zero attached hydrogens (tertiary/aromatic N) is 1. The van der Waals surface area contributed by atoms with Gasteiger partial charge in [-0.2, -0.15) is 0 Å². The minimum Gasteiger partial charge on any atom is -0.486 e. The molecule has 1 aliphatic heterocycles. The van der Waals surface area contributed by atoms with Crippen LogP contribution in [0.5, 0.6) is 5.75 Å². The van der Waals surface area contributed by atoms with E-state index < -0.39 is 12.7 Å². The molecule has 2 N–H and O–H groups in total. The molecule has 0 saturated carbocycles. The first-order valence-corrected chi connectivity index (χ1v) is 6.37. The van der Waals surface area contributed by atoms with Crippen molar-refractivity contribution in [3.63, 3.8) is 0 Å². The molecule has 0 amide bonds. The zero-order chi connectivity index (χ0) is 14.3. The quantitative estimate of drug-likeness (QED) is 0.778. The fourth-order valence-electron chi connectivity index (χ4n) is 2.50. The molecule has 0 bridgehead atoms. The van der Waals surface area contributed by atoms with Crippen LogP contribution in [0.15, 0.2) is 18.5 Å². The number of aromatic nitrogens is 1. The maximum Gasteiger partial charge on any atom is 0.490 e. The molecule has 1 aromatic rings. The summed E-state index contributed by atoms with van der Waals surface area (Å²) in [6.07, 6.45) is 3.63. The van der Waals surface area contributed by atoms with Gasteiger partial charge < -0.3 is 19.5 Å². The average molecular weight is 265 g/mol. The average Bonchev–Trinajstić information content (AvgIpc) is 2.47. The van der Waals surface area contributed by atoms with Crippen LogP contribution in [0.3, 0.4) is 0 Å². The van der Waals surface area contributed by atoms with Crippen molar-refractivity contribution in [1.82, 2.24) is 4.98 Å². The van der Waals surface area contributed by atoms with Gasteiger partial charge in [0.2, 0.25) is 0 Å². The largest absolute Gasteiger partial charge is 0.490 e. The topological polar surface area (TPSA) is 71.8 Å². The summed E-state index contributed by atoms with van der Waals surface area (Å²) in [6, 6.07) is 1.58. The zero-order valence-electron chi connectivity index (χ0n) is 11.8. The van der Waals surface area contributed by atoms with Crippen molar-refractivity contribution < 1.29 is 19.5 Å². The molecule has 2 rings (SSSR count). The lowest BCUT2D eigenvalue weighted by Crippen LogP contribution is -2.37. The summed E-state index contributed by atoms with van der Waals surface area (Å²) in [5.41, 5.74) is -0.305. The van der Waals surface area contributed by atoms with Crippen molar-refractivity contribution in [2.24, 2.45) is 0 Å². The first kappa shape index (κ1) is 14.3. The second-order valence-electron chi connectivity index (χ2n) is 6.10. The van der Waals surface area contributed by atoms with Crippen LogP contribution in [0.1, 0.15) is 34.1 Å². The second-order valence-corrected chi connectivity index (χ2v) is 6.10. The molecule has 19 heavy (non-hydrogen) atoms. The predicted molar refractivity (Wildman–Crippen MR) is 72.3 cm³/mol. The number of rotatable bonds is 3. The maximum absolute atomic E-state index is 9.13. The van der Waals surface area contributed by atoms with Gasteiger partial charge in [0.1, 0.15) is 17.5 Å². The van der Waals surface area contributed by atoms with E-state index in [0.29, 0.717) is 11.2 Å². The highest BCUT2D eigenvalue weighted by molar-refractivity contribution is 6.58. The summed E-state index contributed by atoms with van der Waals surface area (Å²) in [5, 5.41) is 18.3. The second kappa shape index (κ2) is 4.78. The summed E-state index contributed by atoms with van der Waals surface area (Å²) < 4.78 is 11.9. The maximum atomic E-state index is 9.13. The SMILES string of the molecule is CC1(C)CC(Oc2cncc(B(O)O)c2)C(C)(C)O1. The fraction of sp³-hybridized carbons (Fsp3) is 0.615. The highest BCUT2D eigenvalue weighted by atomic mass is 16.6. The third kappa shape index (κ3) is 3.26. The molecule has 1 saturated heterocycles. The van der Waals surface area contributed by atoms with Gasteiger partial charge in [-0.05, 0) is 33.8 Å². The summed E-state index contributed by atoms with van der Waals surface area (Å²) in [7, 11) is -1.54. The molecule has 1 fully saturated rings. The van der Waals surface area contributed by atoms with Crippen molar-refractivity contribution in [3.8, 4) is 5.75 Å². The molecule has 1 aromatic heterocycles. The van der Waals surface area contributed by atoms with Gasteiger partial charge in [0.05, 0.1) is 11.8 Å². The lowest BCUT2D eigenvalue weighted by atomic mass is 9.82. The Hall–Kier alpha value is -1.11. The van der Waals surface area contributed by atoms with Gasteiger partial charge in [-0.1, -0.05) is 0 Å². The molecule has 1 aliphatic rings. The van der Waals surface area contributed by atoms with Crippen LogP contribution in [0, 0.1) is 0 Å². The Balaban J connectivity index is 2.15. The first-order valence-electron chi connectivity index (χ1n) is 6.37. The molecule has 104 valence electrons. The Morgan fingerprint density at radius 1 is 1.32 bits per heavy atom. The minimum atomic E-state index is -1.54. The number of pyridine rings is 1. The lowest BCUT2D eigenvalue weighted by molar-refractivity contribution is -0.0846. The van der Waals surface area contributed by atoms with Gasteiger partial charge in [-0.15, -0.1) is 0 Å². The minimum absolute atomic E-state index is 0.101. The van der Waals surface area contributed by atoms with Crippen LogP contribution in [0.4, 0.5) is 0 Å². The normalized spacial score (nSPS) is 24.2. The molecule has 1 atom stereocenters. The Bertz CT molecular complexity index is 462. The van der Waals surface area contributed by atoms with Crippen LogP contribution >= 0.6 is 0 Å². The summed E-state index contributed by atoms with van der Waals surface area (Å²) in [6.45, 7) is 8.05. The fourth-order valence-corrected chi connectivity index (χ4v) is 2.50. The molecule has 0 aliphatic carbocycles. The first-order chi connectivity index (χ1) is 8.70. The van der Waals surface area contributed by atoms with E-state index in [4.69, 9.17) is 19.5 Å². The monoisotopic (exact) mass is 265 g/mol. The highest BCUT2D eigenvalue weighted by Gasteiger charge is 2.47. The van der Waals surface area contributed by atoms with E-state index in [1.807, 2.05) is 27.7 Å². The Labute approximate surface area is 113 Å². The summed E-state index contributed by atoms with van der Waals surface area (Å²) >= 11 is 0. The van der Waals surface area contributed by atoms with E-state index in [-0.39, 0.29) is 11.7 Å². The molecule has 0 spiro atoms. The Morgan fingerprint density at radius 3 is 2.53 bits per heavy atom. The van der Waals surface area contributed by atoms with Crippen LogP contribution < -0.4 is 10.2 Å². The van der Waals surface area contributed by atoms with E-state index >= 15 is 0 Å². The lowest BCUT2D eigenvalue weighted by Gasteiger charge is -2.27. The predicted octanol–water partition coefficient (Wildman–Crippen LogP) is 0.486. The van der Waals surface area contributed by atoms with Gasteiger partial charge in [-0.25, -0.2) is 0 Å². The smallest absolute Gasteiger partial charge is 0.486 e. The standard InChI is InChI=1S/C13H20BNO4/c1-12(2)6-11(13(3,4)19-12)18-10-5-9(14(16)17)7-15-8-10/h5,7-8,11,16-17H,6H2,1-4H3. The van der Waals surface area contributed by atoms with E-state index in [1.165, 1.54) is 6.20 Å². The molecular weight excluding hydrogens is 245 g/mol. The third-order valence-corrected chi connectivity index (χ3v) is 3.30. The highest BCUT2D eigenvalue weighted by Crippen LogP contribution is 2.39. The molecular formula is C13H20BNO4.